The predicted octanol–water partition coefficient (Wildman–Crippen LogP) is 3.22. The van der Waals surface area contributed by atoms with Crippen molar-refractivity contribution >= 4 is 5.69 Å². The second-order valence-electron chi connectivity index (χ2n) is 5.11. The summed E-state index contributed by atoms with van der Waals surface area (Å²) in [6.45, 7) is 7.89. The lowest BCUT2D eigenvalue weighted by atomic mass is 10.0. The van der Waals surface area contributed by atoms with Crippen LogP contribution in [0, 0.1) is 13.8 Å². The van der Waals surface area contributed by atoms with Gasteiger partial charge in [0.05, 0.1) is 6.04 Å². The van der Waals surface area contributed by atoms with Crippen LogP contribution < -0.4 is 10.6 Å². The van der Waals surface area contributed by atoms with E-state index in [0.29, 0.717) is 6.54 Å². The van der Waals surface area contributed by atoms with Crippen LogP contribution in [-0.4, -0.2) is 18.1 Å². The molecule has 0 radical (unpaired) electrons. The molecule has 1 unspecified atom stereocenters. The lowest BCUT2D eigenvalue weighted by Crippen LogP contribution is -2.34. The number of aromatic nitrogens is 1. The van der Waals surface area contributed by atoms with Crippen molar-refractivity contribution in [2.45, 2.75) is 26.8 Å². The van der Waals surface area contributed by atoms with Gasteiger partial charge in [0.15, 0.2) is 0 Å². The highest BCUT2D eigenvalue weighted by Crippen LogP contribution is 2.28. The summed E-state index contributed by atoms with van der Waals surface area (Å²) in [5, 5.41) is 0. The first-order valence-electron chi connectivity index (χ1n) is 7.11. The Balaban J connectivity index is 2.40. The van der Waals surface area contributed by atoms with Crippen molar-refractivity contribution in [3.8, 4) is 0 Å². The Kier molecular flexibility index (Phi) is 4.74. The lowest BCUT2D eigenvalue weighted by molar-refractivity contribution is 0.637. The summed E-state index contributed by atoms with van der Waals surface area (Å²) in [7, 11) is 0. The van der Waals surface area contributed by atoms with Crippen LogP contribution in [0.15, 0.2) is 42.7 Å². The molecule has 0 aliphatic rings. The SMILES string of the molecule is CCN(c1cccc(C)c1)C(CN)c1cnccc1C. The quantitative estimate of drug-likeness (QED) is 0.906. The molecule has 3 nitrogen and oxygen atoms in total. The first-order valence-corrected chi connectivity index (χ1v) is 7.11. The van der Waals surface area contributed by atoms with E-state index in [-0.39, 0.29) is 6.04 Å². The third-order valence-corrected chi connectivity index (χ3v) is 3.71. The Morgan fingerprint density at radius 2 is 2.05 bits per heavy atom. The number of hydrogen-bond donors (Lipinski definition) is 1. The summed E-state index contributed by atoms with van der Waals surface area (Å²) in [5.74, 6) is 0. The third kappa shape index (κ3) is 2.99. The standard InChI is InChI=1S/C17H23N3/c1-4-20(15-7-5-6-13(2)10-15)17(11-18)16-12-19-9-8-14(16)3/h5-10,12,17H,4,11,18H2,1-3H3. The van der Waals surface area contributed by atoms with Crippen LogP contribution >= 0.6 is 0 Å². The van der Waals surface area contributed by atoms with E-state index in [9.17, 15) is 0 Å². The van der Waals surface area contributed by atoms with E-state index in [0.717, 1.165) is 6.54 Å². The van der Waals surface area contributed by atoms with Crippen LogP contribution in [-0.2, 0) is 0 Å². The molecule has 2 aromatic rings. The molecule has 0 fully saturated rings. The molecule has 0 bridgehead atoms. The Bertz CT molecular complexity index is 566. The molecule has 106 valence electrons. The van der Waals surface area contributed by atoms with Crippen molar-refractivity contribution in [2.24, 2.45) is 5.73 Å². The van der Waals surface area contributed by atoms with Crippen LogP contribution in [0.5, 0.6) is 0 Å². The first-order chi connectivity index (χ1) is 9.67. The molecule has 1 heterocycles. The van der Waals surface area contributed by atoms with Crippen LogP contribution in [0.1, 0.15) is 29.7 Å². The van der Waals surface area contributed by atoms with Gasteiger partial charge in [-0.15, -0.1) is 0 Å². The molecule has 0 aliphatic carbocycles. The Hall–Kier alpha value is -1.87. The minimum absolute atomic E-state index is 0.162. The average molecular weight is 269 g/mol. The molecule has 1 aromatic heterocycles. The van der Waals surface area contributed by atoms with Gasteiger partial charge >= 0.3 is 0 Å². The fourth-order valence-corrected chi connectivity index (χ4v) is 2.64. The third-order valence-electron chi connectivity index (χ3n) is 3.71. The number of nitrogens with two attached hydrogens (primary N) is 1. The average Bonchev–Trinajstić information content (AvgIpc) is 2.45. The smallest absolute Gasteiger partial charge is 0.0682 e. The second-order valence-corrected chi connectivity index (χ2v) is 5.11. The summed E-state index contributed by atoms with van der Waals surface area (Å²) in [4.78, 5) is 6.60. The molecule has 2 N–H and O–H groups in total. The monoisotopic (exact) mass is 269 g/mol. The minimum Gasteiger partial charge on any atom is -0.363 e. The highest BCUT2D eigenvalue weighted by Gasteiger charge is 2.20. The van der Waals surface area contributed by atoms with Gasteiger partial charge in [0, 0.05) is 31.2 Å². The van der Waals surface area contributed by atoms with Crippen molar-refractivity contribution in [2.75, 3.05) is 18.0 Å². The molecular weight excluding hydrogens is 246 g/mol. The number of anilines is 1. The van der Waals surface area contributed by atoms with Crippen LogP contribution in [0.3, 0.4) is 0 Å². The van der Waals surface area contributed by atoms with Crippen LogP contribution in [0.25, 0.3) is 0 Å². The molecule has 0 saturated carbocycles. The summed E-state index contributed by atoms with van der Waals surface area (Å²) in [6, 6.07) is 10.8. The Morgan fingerprint density at radius 3 is 2.65 bits per heavy atom. The summed E-state index contributed by atoms with van der Waals surface area (Å²) in [6.07, 6.45) is 3.76. The van der Waals surface area contributed by atoms with E-state index < -0.39 is 0 Å². The fraction of sp³-hybridized carbons (Fsp3) is 0.353. The molecule has 0 spiro atoms. The maximum atomic E-state index is 6.06. The van der Waals surface area contributed by atoms with Gasteiger partial charge in [0.25, 0.3) is 0 Å². The topological polar surface area (TPSA) is 42.1 Å². The van der Waals surface area contributed by atoms with Crippen molar-refractivity contribution in [1.82, 2.24) is 4.98 Å². The number of nitrogens with zero attached hydrogens (tertiary/aromatic N) is 2. The second kappa shape index (κ2) is 6.53. The molecule has 0 aliphatic heterocycles. The van der Waals surface area contributed by atoms with E-state index in [2.05, 4.69) is 54.9 Å². The fourth-order valence-electron chi connectivity index (χ4n) is 2.64. The normalized spacial score (nSPS) is 12.2. The number of benzene rings is 1. The number of aryl methyl sites for hydroxylation is 2. The largest absolute Gasteiger partial charge is 0.363 e. The Labute approximate surface area is 121 Å². The van der Waals surface area contributed by atoms with E-state index >= 15 is 0 Å². The van der Waals surface area contributed by atoms with Crippen molar-refractivity contribution < 1.29 is 0 Å². The van der Waals surface area contributed by atoms with Gasteiger partial charge in [-0.25, -0.2) is 0 Å². The molecule has 1 atom stereocenters. The predicted molar refractivity (Wildman–Crippen MR) is 85.0 cm³/mol. The lowest BCUT2D eigenvalue weighted by Gasteiger charge is -2.33. The van der Waals surface area contributed by atoms with E-state index in [1.807, 2.05) is 18.5 Å². The minimum atomic E-state index is 0.162. The van der Waals surface area contributed by atoms with E-state index in [4.69, 9.17) is 5.73 Å². The molecule has 1 aromatic carbocycles. The number of rotatable bonds is 5. The van der Waals surface area contributed by atoms with Crippen molar-refractivity contribution in [3.63, 3.8) is 0 Å². The van der Waals surface area contributed by atoms with Gasteiger partial charge in [-0.2, -0.15) is 0 Å². The molecule has 2 rings (SSSR count). The Morgan fingerprint density at radius 1 is 1.25 bits per heavy atom. The number of hydrogen-bond acceptors (Lipinski definition) is 3. The summed E-state index contributed by atoms with van der Waals surface area (Å²) >= 11 is 0. The molecular formula is C17H23N3. The van der Waals surface area contributed by atoms with Crippen molar-refractivity contribution in [3.05, 3.63) is 59.4 Å². The van der Waals surface area contributed by atoms with Crippen LogP contribution in [0.2, 0.25) is 0 Å². The highest BCUT2D eigenvalue weighted by atomic mass is 15.2. The van der Waals surface area contributed by atoms with Gasteiger partial charge < -0.3 is 10.6 Å². The zero-order valence-corrected chi connectivity index (χ0v) is 12.5. The van der Waals surface area contributed by atoms with Crippen molar-refractivity contribution in [1.29, 1.82) is 0 Å². The van der Waals surface area contributed by atoms with Gasteiger partial charge in [-0.1, -0.05) is 12.1 Å². The van der Waals surface area contributed by atoms with Gasteiger partial charge in [0.1, 0.15) is 0 Å². The molecule has 0 amide bonds. The van der Waals surface area contributed by atoms with Gasteiger partial charge in [-0.3, -0.25) is 4.98 Å². The van der Waals surface area contributed by atoms with Crippen LogP contribution in [0.4, 0.5) is 5.69 Å². The highest BCUT2D eigenvalue weighted by molar-refractivity contribution is 5.51. The summed E-state index contributed by atoms with van der Waals surface area (Å²) in [5.41, 5.74) is 11.0. The maximum Gasteiger partial charge on any atom is 0.0682 e. The van der Waals surface area contributed by atoms with Gasteiger partial charge in [0.2, 0.25) is 0 Å². The van der Waals surface area contributed by atoms with Gasteiger partial charge in [-0.05, 0) is 55.7 Å². The molecule has 0 saturated heterocycles. The zero-order valence-electron chi connectivity index (χ0n) is 12.5. The number of likely N-dealkylation sites (N-methyl/N-ethyl adjacent to an activating group) is 1. The number of pyridine rings is 1. The first kappa shape index (κ1) is 14.5. The van der Waals surface area contributed by atoms with E-state index in [1.165, 1.54) is 22.4 Å². The van der Waals surface area contributed by atoms with E-state index in [1.54, 1.807) is 0 Å². The molecule has 20 heavy (non-hydrogen) atoms. The maximum absolute atomic E-state index is 6.06. The molecule has 3 heteroatoms. The zero-order chi connectivity index (χ0) is 14.5. The summed E-state index contributed by atoms with van der Waals surface area (Å²) < 4.78 is 0.